The molecule has 0 aliphatic carbocycles. The molecule has 16 heteroatoms. The second-order valence-corrected chi connectivity index (χ2v) is 10.9. The van der Waals surface area contributed by atoms with E-state index in [1.54, 1.807) is 20.8 Å². The van der Waals surface area contributed by atoms with Crippen LogP contribution in [0.1, 0.15) is 53.2 Å². The fourth-order valence-electron chi connectivity index (χ4n) is 3.25. The lowest BCUT2D eigenvalue weighted by Crippen LogP contribution is -2.44. The number of nitrogens with zero attached hydrogens (tertiary/aromatic N) is 4. The molecule has 0 fully saturated rings. The largest absolute Gasteiger partial charge is 0.466 e. The Balaban J connectivity index is 0.000000673. The number of aryl methyl sites for hydroxylation is 2. The van der Waals surface area contributed by atoms with E-state index in [0.717, 1.165) is 4.31 Å². The number of aromatic nitrogens is 3. The molecule has 39 heavy (non-hydrogen) atoms. The quantitative estimate of drug-likeness (QED) is 0.444. The fourth-order valence-corrected chi connectivity index (χ4v) is 5.22. The van der Waals surface area contributed by atoms with Crippen molar-refractivity contribution in [2.45, 2.75) is 77.1 Å². The van der Waals surface area contributed by atoms with Crippen LogP contribution in [0.15, 0.2) is 23.4 Å². The van der Waals surface area contributed by atoms with Crippen LogP contribution in [-0.4, -0.2) is 60.2 Å². The van der Waals surface area contributed by atoms with Crippen LogP contribution < -0.4 is 9.62 Å². The molecule has 218 valence electrons. The minimum Gasteiger partial charge on any atom is -0.466 e. The van der Waals surface area contributed by atoms with E-state index >= 15 is 0 Å². The molecule has 11 nitrogen and oxygen atoms in total. The Morgan fingerprint density at radius 1 is 1.21 bits per heavy atom. The summed E-state index contributed by atoms with van der Waals surface area (Å²) in [6, 6.07) is 1.32. The lowest BCUT2D eigenvalue weighted by atomic mass is 10.1. The molecule has 1 aliphatic rings. The molecule has 0 unspecified atom stereocenters. The van der Waals surface area contributed by atoms with Gasteiger partial charge in [-0.15, -0.1) is 0 Å². The molecule has 0 saturated heterocycles. The summed E-state index contributed by atoms with van der Waals surface area (Å²) in [6.45, 7) is 7.81. The molecule has 0 radical (unpaired) electrons. The van der Waals surface area contributed by atoms with E-state index in [2.05, 4.69) is 24.9 Å². The number of hydrogen-bond donors (Lipinski definition) is 1. The molecule has 0 aromatic carbocycles. The van der Waals surface area contributed by atoms with Gasteiger partial charge in [-0.25, -0.2) is 13.2 Å². The van der Waals surface area contributed by atoms with Crippen molar-refractivity contribution in [3.63, 3.8) is 0 Å². The molecule has 0 saturated carbocycles. The Hall–Kier alpha value is -3.07. The lowest BCUT2D eigenvalue weighted by Gasteiger charge is -2.30. The van der Waals surface area contributed by atoms with Gasteiger partial charge in [-0.2, -0.15) is 18.3 Å². The van der Waals surface area contributed by atoms with Gasteiger partial charge >= 0.3 is 18.2 Å². The third kappa shape index (κ3) is 7.97. The zero-order chi connectivity index (χ0) is 29.6. The number of halogens is 4. The third-order valence-electron chi connectivity index (χ3n) is 5.44. The van der Waals surface area contributed by atoms with Crippen molar-refractivity contribution in [3.05, 3.63) is 29.3 Å². The highest BCUT2D eigenvalue weighted by Crippen LogP contribution is 2.35. The predicted octanol–water partition coefficient (Wildman–Crippen LogP) is 4.94. The molecule has 1 aliphatic heterocycles. The second-order valence-electron chi connectivity index (χ2n) is 8.69. The number of esters is 1. The van der Waals surface area contributed by atoms with Crippen molar-refractivity contribution < 1.29 is 40.7 Å². The van der Waals surface area contributed by atoms with E-state index in [-0.39, 0.29) is 33.9 Å². The van der Waals surface area contributed by atoms with Crippen LogP contribution in [0.5, 0.6) is 0 Å². The second kappa shape index (κ2) is 12.9. The average Bonchev–Trinajstić information content (AvgIpc) is 3.24. The van der Waals surface area contributed by atoms with Gasteiger partial charge in [0.2, 0.25) is 5.60 Å². The van der Waals surface area contributed by atoms with Gasteiger partial charge in [0.1, 0.15) is 4.90 Å². The summed E-state index contributed by atoms with van der Waals surface area (Å²) in [5, 5.41) is 5.94. The topological polar surface area (TPSA) is 133 Å². The number of carbonyl (C=O) groups excluding carboxylic acids is 2. The van der Waals surface area contributed by atoms with Crippen molar-refractivity contribution in [2.75, 3.05) is 22.8 Å². The van der Waals surface area contributed by atoms with Crippen molar-refractivity contribution in [3.8, 4) is 0 Å². The van der Waals surface area contributed by atoms with Crippen LogP contribution in [0.25, 0.3) is 0 Å². The minimum absolute atomic E-state index is 0.0239. The zero-order valence-electron chi connectivity index (χ0n) is 22.1. The summed E-state index contributed by atoms with van der Waals surface area (Å²) in [6.07, 6.45) is -2.13. The molecule has 2 aromatic rings. The molecule has 1 amide bonds. The number of anilines is 2. The minimum atomic E-state index is -4.77. The SMILES string of the molecule is CCOC(=O)CC.CCn1cc(S(=O)(=O)N2CCCc3ncc(NC(=O)OC(C)(C)C(F)(F)F)cc32)c(Cl)n1. The maximum absolute atomic E-state index is 13.3. The van der Waals surface area contributed by atoms with Crippen molar-refractivity contribution >= 4 is 45.1 Å². The van der Waals surface area contributed by atoms with E-state index in [4.69, 9.17) is 11.6 Å². The monoisotopic (exact) mass is 597 g/mol. The number of ether oxygens (including phenoxy) is 2. The van der Waals surface area contributed by atoms with E-state index in [1.165, 1.54) is 23.1 Å². The number of fused-ring (bicyclic) bond motifs is 1. The molecule has 0 atom stereocenters. The highest BCUT2D eigenvalue weighted by atomic mass is 35.5. The standard InChI is InChI=1S/C18H21ClF3N5O4S.C5H10O2/c1-4-26-10-14(15(19)25-26)32(29,30)27-7-5-6-12-13(27)8-11(9-23-12)24-16(28)31-17(2,3)18(20,21)22;1-3-5(6)7-4-2/h8-10H,4-7H2,1-3H3,(H,24,28);3-4H2,1-2H3. The number of alkyl halides is 3. The number of rotatable bonds is 7. The van der Waals surface area contributed by atoms with Gasteiger partial charge in [0, 0.05) is 25.7 Å². The Kier molecular flexibility index (Phi) is 10.6. The third-order valence-corrected chi connectivity index (χ3v) is 7.65. The molecular weight excluding hydrogens is 567 g/mol. The molecule has 1 N–H and O–H groups in total. The summed E-state index contributed by atoms with van der Waals surface area (Å²) in [5.41, 5.74) is -2.11. The Morgan fingerprint density at radius 2 is 1.87 bits per heavy atom. The van der Waals surface area contributed by atoms with E-state index in [1.807, 2.05) is 0 Å². The van der Waals surface area contributed by atoms with Gasteiger partial charge in [-0.3, -0.25) is 24.1 Å². The molecular formula is C23H31ClF3N5O6S. The Labute approximate surface area is 229 Å². The van der Waals surface area contributed by atoms with Gasteiger partial charge < -0.3 is 9.47 Å². The number of hydrogen-bond acceptors (Lipinski definition) is 8. The van der Waals surface area contributed by atoms with Gasteiger partial charge in [-0.05, 0) is 46.6 Å². The first-order valence-electron chi connectivity index (χ1n) is 12.0. The summed E-state index contributed by atoms with van der Waals surface area (Å²) in [7, 11) is -4.10. The number of pyridine rings is 1. The molecule has 0 spiro atoms. The smallest absolute Gasteiger partial charge is 0.427 e. The highest BCUT2D eigenvalue weighted by Gasteiger charge is 2.51. The van der Waals surface area contributed by atoms with E-state index in [9.17, 15) is 31.2 Å². The summed E-state index contributed by atoms with van der Waals surface area (Å²) < 4.78 is 76.9. The Bertz CT molecular complexity index is 1280. The maximum atomic E-state index is 13.3. The van der Waals surface area contributed by atoms with Gasteiger partial charge in [0.05, 0.1) is 29.9 Å². The maximum Gasteiger partial charge on any atom is 0.427 e. The van der Waals surface area contributed by atoms with Crippen LogP contribution in [0.2, 0.25) is 5.15 Å². The van der Waals surface area contributed by atoms with Crippen LogP contribution in [0.3, 0.4) is 0 Å². The zero-order valence-corrected chi connectivity index (χ0v) is 23.7. The van der Waals surface area contributed by atoms with Crippen LogP contribution in [-0.2, 0) is 37.3 Å². The van der Waals surface area contributed by atoms with E-state index in [0.29, 0.717) is 52.0 Å². The Morgan fingerprint density at radius 3 is 2.38 bits per heavy atom. The van der Waals surface area contributed by atoms with Crippen molar-refractivity contribution in [1.29, 1.82) is 0 Å². The first-order chi connectivity index (χ1) is 18.1. The number of amides is 1. The van der Waals surface area contributed by atoms with Crippen LogP contribution >= 0.6 is 11.6 Å². The molecule has 3 heterocycles. The van der Waals surface area contributed by atoms with Gasteiger partial charge in [-0.1, -0.05) is 18.5 Å². The molecule has 3 rings (SSSR count). The average molecular weight is 598 g/mol. The predicted molar refractivity (Wildman–Crippen MR) is 137 cm³/mol. The number of sulfonamides is 1. The summed E-state index contributed by atoms with van der Waals surface area (Å²) >= 11 is 6.03. The lowest BCUT2D eigenvalue weighted by molar-refractivity contribution is -0.242. The van der Waals surface area contributed by atoms with Gasteiger partial charge in [0.25, 0.3) is 10.0 Å². The summed E-state index contributed by atoms with van der Waals surface area (Å²) in [4.78, 5) is 26.2. The van der Waals surface area contributed by atoms with Gasteiger partial charge in [0.15, 0.2) is 5.15 Å². The molecule has 2 aromatic heterocycles. The van der Waals surface area contributed by atoms with Crippen molar-refractivity contribution in [2.24, 2.45) is 0 Å². The first-order valence-corrected chi connectivity index (χ1v) is 13.9. The van der Waals surface area contributed by atoms with E-state index < -0.39 is 27.9 Å². The molecule has 0 bridgehead atoms. The number of carbonyl (C=O) groups is 2. The number of nitrogens with one attached hydrogen (secondary N) is 1. The highest BCUT2D eigenvalue weighted by molar-refractivity contribution is 7.93. The first kappa shape index (κ1) is 32.1. The fraction of sp³-hybridized carbons (Fsp3) is 0.565. The van der Waals surface area contributed by atoms with Crippen LogP contribution in [0.4, 0.5) is 29.3 Å². The van der Waals surface area contributed by atoms with Crippen molar-refractivity contribution in [1.82, 2.24) is 14.8 Å². The van der Waals surface area contributed by atoms with Crippen LogP contribution in [0, 0.1) is 0 Å². The summed E-state index contributed by atoms with van der Waals surface area (Å²) in [5.74, 6) is -0.123. The normalized spacial score (nSPS) is 13.6.